The zero-order valence-electron chi connectivity index (χ0n) is 15.2. The third-order valence-electron chi connectivity index (χ3n) is 5.05. The van der Waals surface area contributed by atoms with E-state index in [-0.39, 0.29) is 11.9 Å². The van der Waals surface area contributed by atoms with Gasteiger partial charge in [-0.15, -0.1) is 0 Å². The molecule has 2 aliphatic rings. The van der Waals surface area contributed by atoms with Gasteiger partial charge in [-0.3, -0.25) is 9.69 Å². The van der Waals surface area contributed by atoms with E-state index in [0.717, 1.165) is 12.8 Å². The molecule has 0 aliphatic carbocycles. The third kappa shape index (κ3) is 4.40. The molecule has 0 bridgehead atoms. The van der Waals surface area contributed by atoms with E-state index in [2.05, 4.69) is 10.3 Å². The van der Waals surface area contributed by atoms with Crippen LogP contribution in [-0.2, 0) is 15.0 Å². The lowest BCUT2D eigenvalue weighted by atomic mass is 10.2. The number of anilines is 1. The van der Waals surface area contributed by atoms with Crippen LogP contribution in [0.5, 0.6) is 0 Å². The molecule has 26 heavy (non-hydrogen) atoms. The van der Waals surface area contributed by atoms with Crippen LogP contribution in [0.1, 0.15) is 26.2 Å². The molecule has 1 unspecified atom stereocenters. The minimum Gasteiger partial charge on any atom is -0.309 e. The Balaban J connectivity index is 1.58. The summed E-state index contributed by atoms with van der Waals surface area (Å²) in [7, 11) is -3.37. The SMILES string of the molecule is CC(C(=O)Nc1ccccn1)N1CCCN(S(=O)(=O)N2CCCC2)CC1. The highest BCUT2D eigenvalue weighted by atomic mass is 32.2. The molecule has 9 heteroatoms. The first kappa shape index (κ1) is 19.2. The zero-order chi connectivity index (χ0) is 18.6. The molecule has 2 aliphatic heterocycles. The van der Waals surface area contributed by atoms with Crippen LogP contribution in [0, 0.1) is 0 Å². The lowest BCUT2D eigenvalue weighted by Gasteiger charge is -2.28. The molecule has 144 valence electrons. The number of amides is 1. The summed E-state index contributed by atoms with van der Waals surface area (Å²) >= 11 is 0. The highest BCUT2D eigenvalue weighted by Gasteiger charge is 2.34. The lowest BCUT2D eigenvalue weighted by molar-refractivity contribution is -0.120. The van der Waals surface area contributed by atoms with Gasteiger partial charge < -0.3 is 5.32 Å². The number of nitrogens with one attached hydrogen (secondary N) is 1. The fourth-order valence-electron chi connectivity index (χ4n) is 3.45. The second-order valence-corrected chi connectivity index (χ2v) is 8.71. The molecule has 2 saturated heterocycles. The Bertz CT molecular complexity index is 706. The van der Waals surface area contributed by atoms with Gasteiger partial charge in [0.25, 0.3) is 10.2 Å². The van der Waals surface area contributed by atoms with Crippen LogP contribution in [0.4, 0.5) is 5.82 Å². The van der Waals surface area contributed by atoms with Gasteiger partial charge in [-0.05, 0) is 38.3 Å². The Morgan fingerprint density at radius 1 is 1.04 bits per heavy atom. The number of carbonyl (C=O) groups is 1. The summed E-state index contributed by atoms with van der Waals surface area (Å²) in [5, 5.41) is 2.81. The van der Waals surface area contributed by atoms with Crippen LogP contribution >= 0.6 is 0 Å². The molecule has 0 aromatic carbocycles. The fraction of sp³-hybridized carbons (Fsp3) is 0.647. The monoisotopic (exact) mass is 381 g/mol. The van der Waals surface area contributed by atoms with Gasteiger partial charge in [0.2, 0.25) is 5.91 Å². The first-order chi connectivity index (χ1) is 12.5. The third-order valence-corrected chi connectivity index (χ3v) is 7.09. The van der Waals surface area contributed by atoms with E-state index >= 15 is 0 Å². The van der Waals surface area contributed by atoms with E-state index < -0.39 is 10.2 Å². The molecule has 0 radical (unpaired) electrons. The zero-order valence-corrected chi connectivity index (χ0v) is 16.0. The van der Waals surface area contributed by atoms with Crippen molar-refractivity contribution in [1.29, 1.82) is 0 Å². The highest BCUT2D eigenvalue weighted by molar-refractivity contribution is 7.86. The van der Waals surface area contributed by atoms with E-state index in [1.807, 2.05) is 17.9 Å². The van der Waals surface area contributed by atoms with Gasteiger partial charge in [-0.2, -0.15) is 17.0 Å². The highest BCUT2D eigenvalue weighted by Crippen LogP contribution is 2.19. The smallest absolute Gasteiger partial charge is 0.282 e. The maximum absolute atomic E-state index is 12.7. The van der Waals surface area contributed by atoms with Crippen molar-refractivity contribution in [1.82, 2.24) is 18.5 Å². The first-order valence-corrected chi connectivity index (χ1v) is 10.6. The molecule has 0 spiro atoms. The van der Waals surface area contributed by atoms with Gasteiger partial charge in [-0.25, -0.2) is 4.98 Å². The van der Waals surface area contributed by atoms with Crippen molar-refractivity contribution in [3.8, 4) is 0 Å². The number of hydrogen-bond donors (Lipinski definition) is 1. The second-order valence-electron chi connectivity index (χ2n) is 6.78. The number of carbonyl (C=O) groups excluding carboxylic acids is 1. The Morgan fingerprint density at radius 3 is 2.42 bits per heavy atom. The summed E-state index contributed by atoms with van der Waals surface area (Å²) in [4.78, 5) is 18.6. The Labute approximate surface area is 155 Å². The minimum atomic E-state index is -3.37. The van der Waals surface area contributed by atoms with Crippen molar-refractivity contribution < 1.29 is 13.2 Å². The number of hydrogen-bond acceptors (Lipinski definition) is 5. The predicted molar refractivity (Wildman–Crippen MR) is 99.8 cm³/mol. The normalized spacial score (nSPS) is 22.0. The van der Waals surface area contributed by atoms with Crippen molar-refractivity contribution in [2.75, 3.05) is 44.6 Å². The maximum atomic E-state index is 12.7. The van der Waals surface area contributed by atoms with Crippen molar-refractivity contribution >= 4 is 21.9 Å². The average Bonchev–Trinajstić information content (AvgIpc) is 3.07. The van der Waals surface area contributed by atoms with Gasteiger partial charge in [0.15, 0.2) is 0 Å². The number of nitrogens with zero attached hydrogens (tertiary/aromatic N) is 4. The first-order valence-electron chi connectivity index (χ1n) is 9.19. The summed E-state index contributed by atoms with van der Waals surface area (Å²) in [6, 6.07) is 5.02. The van der Waals surface area contributed by atoms with Crippen LogP contribution in [0.2, 0.25) is 0 Å². The molecular formula is C17H27N5O3S. The molecule has 2 fully saturated rings. The maximum Gasteiger partial charge on any atom is 0.282 e. The summed E-state index contributed by atoms with van der Waals surface area (Å²) in [5.41, 5.74) is 0. The van der Waals surface area contributed by atoms with Gasteiger partial charge >= 0.3 is 0 Å². The van der Waals surface area contributed by atoms with Crippen LogP contribution < -0.4 is 5.32 Å². The molecular weight excluding hydrogens is 354 g/mol. The Morgan fingerprint density at radius 2 is 1.73 bits per heavy atom. The number of pyridine rings is 1. The van der Waals surface area contributed by atoms with E-state index in [4.69, 9.17) is 0 Å². The second kappa shape index (κ2) is 8.43. The molecule has 1 amide bonds. The van der Waals surface area contributed by atoms with Crippen LogP contribution in [0.3, 0.4) is 0 Å². The van der Waals surface area contributed by atoms with E-state index in [9.17, 15) is 13.2 Å². The minimum absolute atomic E-state index is 0.125. The molecule has 1 aromatic heterocycles. The van der Waals surface area contributed by atoms with Gasteiger partial charge in [-0.1, -0.05) is 6.07 Å². The summed E-state index contributed by atoms with van der Waals surface area (Å²) in [6.07, 6.45) is 4.22. The van der Waals surface area contributed by atoms with Gasteiger partial charge in [0, 0.05) is 45.5 Å². The van der Waals surface area contributed by atoms with Gasteiger partial charge in [0.05, 0.1) is 6.04 Å². The molecule has 3 heterocycles. The van der Waals surface area contributed by atoms with E-state index in [1.165, 1.54) is 0 Å². The largest absolute Gasteiger partial charge is 0.309 e. The van der Waals surface area contributed by atoms with Crippen molar-refractivity contribution in [3.05, 3.63) is 24.4 Å². The molecule has 1 N–H and O–H groups in total. The Hall–Kier alpha value is -1.55. The van der Waals surface area contributed by atoms with Crippen LogP contribution in [0.15, 0.2) is 24.4 Å². The Kier molecular flexibility index (Phi) is 6.23. The molecule has 8 nitrogen and oxygen atoms in total. The molecule has 1 aromatic rings. The summed E-state index contributed by atoms with van der Waals surface area (Å²) in [6.45, 7) is 5.25. The van der Waals surface area contributed by atoms with Crippen molar-refractivity contribution in [3.63, 3.8) is 0 Å². The molecule has 1 atom stereocenters. The van der Waals surface area contributed by atoms with Crippen LogP contribution in [0.25, 0.3) is 0 Å². The molecule has 0 saturated carbocycles. The lowest BCUT2D eigenvalue weighted by Crippen LogP contribution is -2.46. The number of rotatable bonds is 5. The standard InChI is InChI=1S/C17H27N5O3S/c1-15(17(23)19-16-7-2-3-8-18-16)20-9-6-12-22(14-13-20)26(24,25)21-10-4-5-11-21/h2-3,7-8,15H,4-6,9-14H2,1H3,(H,18,19,23). The topological polar surface area (TPSA) is 85.9 Å². The van der Waals surface area contributed by atoms with Crippen LogP contribution in [-0.4, -0.2) is 78.1 Å². The quantitative estimate of drug-likeness (QED) is 0.814. The van der Waals surface area contributed by atoms with Gasteiger partial charge in [0.1, 0.15) is 5.82 Å². The average molecular weight is 382 g/mol. The molecule has 3 rings (SSSR count). The predicted octanol–water partition coefficient (Wildman–Crippen LogP) is 0.757. The summed E-state index contributed by atoms with van der Waals surface area (Å²) in [5.74, 6) is 0.400. The fourth-order valence-corrected chi connectivity index (χ4v) is 5.17. The number of aromatic nitrogens is 1. The summed E-state index contributed by atoms with van der Waals surface area (Å²) < 4.78 is 28.6. The van der Waals surface area contributed by atoms with Crippen molar-refractivity contribution in [2.45, 2.75) is 32.2 Å². The van der Waals surface area contributed by atoms with Crippen molar-refractivity contribution in [2.24, 2.45) is 0 Å². The van der Waals surface area contributed by atoms with E-state index in [1.54, 1.807) is 26.9 Å². The van der Waals surface area contributed by atoms with E-state index in [0.29, 0.717) is 51.5 Å².